The second kappa shape index (κ2) is 14.4. The van der Waals surface area contributed by atoms with Crippen molar-refractivity contribution in [1.82, 2.24) is 10.2 Å². The Kier molecular flexibility index (Phi) is 10.0. The fourth-order valence-electron chi connectivity index (χ4n) is 9.07. The zero-order valence-corrected chi connectivity index (χ0v) is 31.4. The first-order chi connectivity index (χ1) is 24.9. The first-order valence-electron chi connectivity index (χ1n) is 18.4. The number of methoxy groups -OCH3 is 1. The molecule has 3 aromatic carbocycles. The number of benzene rings is 3. The number of aliphatic hydroxyl groups is 1. The number of ether oxygens (including phenoxy) is 2. The molecule has 1 spiro atoms. The molecule has 2 saturated heterocycles. The van der Waals surface area contributed by atoms with Crippen LogP contribution in [0.1, 0.15) is 48.4 Å². The summed E-state index contributed by atoms with van der Waals surface area (Å²) in [7, 11) is -1.45. The van der Waals surface area contributed by atoms with Gasteiger partial charge in [0.2, 0.25) is 11.8 Å². The summed E-state index contributed by atoms with van der Waals surface area (Å²) in [5.74, 6) is -0.359. The Bertz CT molecular complexity index is 1820. The van der Waals surface area contributed by atoms with Crippen LogP contribution in [0.2, 0.25) is 18.6 Å². The summed E-state index contributed by atoms with van der Waals surface area (Å²) >= 11 is 0. The minimum absolute atomic E-state index is 0.00166. The largest absolute Gasteiger partial charge is 0.497 e. The number of anilines is 2. The SMILES string of the molecule is COc1ccc2c(c1)[C@@]1(O[C@H](CC(=O)N3Cc4ccccc4C[C@H]3CO)[C@@H]([Si](C)(C)O)[C@@H]1C)C(=O)N2Cc1ccc(NC(=O)C2CCCNC2)cc1. The molecule has 0 radical (unpaired) electrons. The lowest BCUT2D eigenvalue weighted by Crippen LogP contribution is -2.48. The molecule has 0 aromatic heterocycles. The average Bonchev–Trinajstić information content (AvgIpc) is 3.57. The summed E-state index contributed by atoms with van der Waals surface area (Å²) in [5, 5.41) is 16.6. The minimum Gasteiger partial charge on any atom is -0.497 e. The zero-order chi connectivity index (χ0) is 36.8. The Morgan fingerprint density at radius 1 is 1.10 bits per heavy atom. The number of nitrogens with zero attached hydrogens (tertiary/aromatic N) is 2. The van der Waals surface area contributed by atoms with Gasteiger partial charge in [0, 0.05) is 35.8 Å². The first kappa shape index (κ1) is 36.3. The third-order valence-corrected chi connectivity index (χ3v) is 14.2. The van der Waals surface area contributed by atoms with E-state index < -0.39 is 31.5 Å². The number of nitrogens with one attached hydrogen (secondary N) is 2. The van der Waals surface area contributed by atoms with E-state index >= 15 is 0 Å². The normalized spacial score (nSPS) is 27.0. The third kappa shape index (κ3) is 6.55. The highest BCUT2D eigenvalue weighted by Crippen LogP contribution is 2.60. The number of hydrogen-bond acceptors (Lipinski definition) is 8. The maximum atomic E-state index is 14.9. The van der Waals surface area contributed by atoms with Crippen LogP contribution in [0.15, 0.2) is 66.7 Å². The van der Waals surface area contributed by atoms with Crippen molar-refractivity contribution in [2.75, 3.05) is 37.0 Å². The maximum absolute atomic E-state index is 14.9. The van der Waals surface area contributed by atoms with Gasteiger partial charge in [-0.3, -0.25) is 14.4 Å². The number of fused-ring (bicyclic) bond motifs is 3. The van der Waals surface area contributed by atoms with Gasteiger partial charge in [-0.1, -0.05) is 43.3 Å². The van der Waals surface area contributed by atoms with E-state index in [2.05, 4.69) is 10.6 Å². The summed E-state index contributed by atoms with van der Waals surface area (Å²) in [4.78, 5) is 57.1. The van der Waals surface area contributed by atoms with Crippen LogP contribution in [-0.4, -0.2) is 79.8 Å². The molecule has 0 saturated carbocycles. The number of amides is 3. The smallest absolute Gasteiger partial charge is 0.264 e. The molecule has 12 heteroatoms. The predicted molar refractivity (Wildman–Crippen MR) is 200 cm³/mol. The lowest BCUT2D eigenvalue weighted by molar-refractivity contribution is -0.151. The molecule has 6 atom stereocenters. The quantitative estimate of drug-likeness (QED) is 0.239. The fraction of sp³-hybridized carbons (Fsp3) is 0.475. The van der Waals surface area contributed by atoms with Crippen LogP contribution in [0.4, 0.5) is 11.4 Å². The van der Waals surface area contributed by atoms with E-state index in [1.807, 2.05) is 86.7 Å². The van der Waals surface area contributed by atoms with E-state index in [0.717, 1.165) is 36.1 Å². The van der Waals surface area contributed by atoms with Crippen molar-refractivity contribution in [1.29, 1.82) is 0 Å². The molecule has 4 aliphatic heterocycles. The molecule has 276 valence electrons. The highest BCUT2D eigenvalue weighted by molar-refractivity contribution is 6.71. The van der Waals surface area contributed by atoms with Gasteiger partial charge in [0.25, 0.3) is 5.91 Å². The number of rotatable bonds is 9. The summed E-state index contributed by atoms with van der Waals surface area (Å²) in [6.45, 7) is 7.73. The van der Waals surface area contributed by atoms with Crippen molar-refractivity contribution in [3.05, 3.63) is 89.0 Å². The Hall–Kier alpha value is -4.07. The average molecular weight is 727 g/mol. The van der Waals surface area contributed by atoms with E-state index in [4.69, 9.17) is 9.47 Å². The Labute approximate surface area is 306 Å². The van der Waals surface area contributed by atoms with Gasteiger partial charge >= 0.3 is 0 Å². The molecule has 0 aliphatic carbocycles. The summed E-state index contributed by atoms with van der Waals surface area (Å²) in [6.07, 6.45) is 1.65. The van der Waals surface area contributed by atoms with Crippen LogP contribution in [0, 0.1) is 11.8 Å². The molecule has 52 heavy (non-hydrogen) atoms. The second-order valence-corrected chi connectivity index (χ2v) is 19.4. The highest BCUT2D eigenvalue weighted by atomic mass is 28.4. The van der Waals surface area contributed by atoms with Crippen LogP contribution >= 0.6 is 0 Å². The van der Waals surface area contributed by atoms with Crippen LogP contribution in [0.5, 0.6) is 5.75 Å². The summed E-state index contributed by atoms with van der Waals surface area (Å²) in [5.41, 5.74) is 3.21. The molecule has 11 nitrogen and oxygen atoms in total. The van der Waals surface area contributed by atoms with Gasteiger partial charge in [-0.2, -0.15) is 0 Å². The molecule has 3 aromatic rings. The number of hydrogen-bond donors (Lipinski definition) is 4. The number of aliphatic hydroxyl groups excluding tert-OH is 1. The van der Waals surface area contributed by atoms with Gasteiger partial charge in [0.05, 0.1) is 50.4 Å². The van der Waals surface area contributed by atoms with Crippen molar-refractivity contribution in [2.45, 2.75) is 82.1 Å². The number of carbonyl (C=O) groups is 3. The molecular formula is C40H50N4O7Si. The van der Waals surface area contributed by atoms with Gasteiger partial charge in [-0.25, -0.2) is 0 Å². The standard InChI is InChI=1S/C40H50N4O7Si/c1-25-37(52(3,4)49)35(20-36(46)43-23-29-9-6-5-8-27(29)18-31(43)24-45)51-40(25)33-19-32(50-2)15-16-34(33)44(39(40)48)22-26-11-13-30(14-12-26)42-38(47)28-10-7-17-41-21-28/h5-6,8-9,11-16,19,25,28,31,35,37,41,45,49H,7,10,17-18,20-24H2,1-4H3,(H,42,47)/t25-,28?,31-,35+,37-,40+/m0/s1. The summed E-state index contributed by atoms with van der Waals surface area (Å²) < 4.78 is 12.6. The van der Waals surface area contributed by atoms with Gasteiger partial charge in [-0.05, 0) is 85.9 Å². The van der Waals surface area contributed by atoms with Crippen LogP contribution < -0.4 is 20.3 Å². The third-order valence-electron chi connectivity index (χ3n) is 11.7. The van der Waals surface area contributed by atoms with Crippen LogP contribution in [0.25, 0.3) is 0 Å². The van der Waals surface area contributed by atoms with Gasteiger partial charge in [-0.15, -0.1) is 0 Å². The molecule has 4 N–H and O–H groups in total. The maximum Gasteiger partial charge on any atom is 0.264 e. The minimum atomic E-state index is -3.03. The predicted octanol–water partition coefficient (Wildman–Crippen LogP) is 4.31. The monoisotopic (exact) mass is 726 g/mol. The van der Waals surface area contributed by atoms with Crippen molar-refractivity contribution in [3.63, 3.8) is 0 Å². The Balaban J connectivity index is 1.16. The Morgan fingerprint density at radius 2 is 1.85 bits per heavy atom. The molecule has 7 rings (SSSR count). The molecular weight excluding hydrogens is 677 g/mol. The molecule has 2 fully saturated rings. The number of carbonyl (C=O) groups excluding carboxylic acids is 3. The summed E-state index contributed by atoms with van der Waals surface area (Å²) in [6, 6.07) is 20.7. The van der Waals surface area contributed by atoms with Crippen molar-refractivity contribution in [3.8, 4) is 5.75 Å². The molecule has 4 heterocycles. The van der Waals surface area contributed by atoms with Crippen molar-refractivity contribution >= 4 is 37.4 Å². The fourth-order valence-corrected chi connectivity index (χ4v) is 11.6. The van der Waals surface area contributed by atoms with E-state index in [1.165, 1.54) is 0 Å². The van der Waals surface area contributed by atoms with E-state index in [9.17, 15) is 24.3 Å². The van der Waals surface area contributed by atoms with E-state index in [-0.39, 0.29) is 49.3 Å². The highest BCUT2D eigenvalue weighted by Gasteiger charge is 2.66. The van der Waals surface area contributed by atoms with Gasteiger partial charge < -0.3 is 39.8 Å². The second-order valence-electron chi connectivity index (χ2n) is 15.4. The molecule has 3 amide bonds. The molecule has 4 aliphatic rings. The van der Waals surface area contributed by atoms with Gasteiger partial charge in [0.1, 0.15) is 5.75 Å². The lowest BCUT2D eigenvalue weighted by atomic mass is 9.82. The van der Waals surface area contributed by atoms with Crippen molar-refractivity contribution < 1.29 is 33.8 Å². The van der Waals surface area contributed by atoms with Crippen LogP contribution in [0.3, 0.4) is 0 Å². The molecule has 0 bridgehead atoms. The van der Waals surface area contributed by atoms with Crippen LogP contribution in [-0.2, 0) is 44.2 Å². The zero-order valence-electron chi connectivity index (χ0n) is 30.4. The lowest BCUT2D eigenvalue weighted by Gasteiger charge is -2.37. The first-order valence-corrected chi connectivity index (χ1v) is 21.4. The Morgan fingerprint density at radius 3 is 2.52 bits per heavy atom. The van der Waals surface area contributed by atoms with E-state index in [1.54, 1.807) is 16.9 Å². The van der Waals surface area contributed by atoms with Crippen molar-refractivity contribution in [2.24, 2.45) is 11.8 Å². The molecule has 1 unspecified atom stereocenters. The topological polar surface area (TPSA) is 141 Å². The number of piperidine rings is 1. The van der Waals surface area contributed by atoms with Gasteiger partial charge in [0.15, 0.2) is 13.9 Å². The van der Waals surface area contributed by atoms with E-state index in [0.29, 0.717) is 42.2 Å².